The molecule has 12 heteroatoms. The van der Waals surface area contributed by atoms with E-state index in [4.69, 9.17) is 14.2 Å². The number of hydrogen-bond acceptors (Lipinski definition) is 9. The van der Waals surface area contributed by atoms with Gasteiger partial charge in [-0.2, -0.15) is 4.98 Å². The van der Waals surface area contributed by atoms with Crippen LogP contribution in [-0.2, 0) is 9.47 Å². The number of pyridine rings is 1. The van der Waals surface area contributed by atoms with Crippen LogP contribution in [0.2, 0.25) is 0 Å². The molecule has 0 radical (unpaired) electrons. The van der Waals surface area contributed by atoms with Gasteiger partial charge in [-0.05, 0) is 24.3 Å². The van der Waals surface area contributed by atoms with Crippen LogP contribution >= 0.6 is 0 Å². The summed E-state index contributed by atoms with van der Waals surface area (Å²) in [6, 6.07) is 19.9. The topological polar surface area (TPSA) is 135 Å². The van der Waals surface area contributed by atoms with Gasteiger partial charge in [-0.25, -0.2) is 19.7 Å². The van der Waals surface area contributed by atoms with E-state index in [1.807, 2.05) is 50.5 Å². The van der Waals surface area contributed by atoms with E-state index in [1.54, 1.807) is 46.1 Å². The maximum atomic E-state index is 13.7. The summed E-state index contributed by atoms with van der Waals surface area (Å²) in [6.45, 7) is -0.387. The second kappa shape index (κ2) is 11.8. The van der Waals surface area contributed by atoms with E-state index >= 15 is 0 Å². The summed E-state index contributed by atoms with van der Waals surface area (Å²) < 4.78 is 18.9. The number of methoxy groups -OCH3 is 1. The van der Waals surface area contributed by atoms with Crippen LogP contribution in [0.5, 0.6) is 5.88 Å². The number of para-hydroxylation sites is 2. The molecule has 0 aliphatic carbocycles. The number of carbonyl (C=O) groups excluding carboxylic acids is 1. The Morgan fingerprint density at radius 3 is 2.35 bits per heavy atom. The van der Waals surface area contributed by atoms with Gasteiger partial charge in [0.15, 0.2) is 17.6 Å². The molecule has 2 N–H and O–H groups in total. The molecule has 0 bridgehead atoms. The highest BCUT2D eigenvalue weighted by molar-refractivity contribution is 5.98. The normalized spacial score (nSPS) is 20.7. The first kappa shape index (κ1) is 27.2. The standard InChI is InChI=1S/C28H30N6O6/c1-32(2)16-29-22-14-20-23(30-17-33(20)27-25(38-3)24(36)21(15-35)39-27)26(31-22)40-28(37)34(18-10-6-4-7-11-18)19-12-8-5-9-13-19/h4-14,16-17,21,24-25,27,35-36H,15H2,1-3H3/t21-,24?,25+,27-/m1/s1. The second-order valence-electron chi connectivity index (χ2n) is 9.33. The molecule has 1 aliphatic rings. The Hall–Kier alpha value is -4.36. The molecule has 208 valence electrons. The van der Waals surface area contributed by atoms with E-state index in [-0.39, 0.29) is 23.8 Å². The number of imidazole rings is 1. The number of carbonyl (C=O) groups is 1. The molecule has 1 saturated heterocycles. The van der Waals surface area contributed by atoms with Gasteiger partial charge >= 0.3 is 6.09 Å². The van der Waals surface area contributed by atoms with Crippen LogP contribution in [0.4, 0.5) is 22.0 Å². The summed E-state index contributed by atoms with van der Waals surface area (Å²) in [5, 5.41) is 20.2. The van der Waals surface area contributed by atoms with Crippen molar-refractivity contribution in [1.82, 2.24) is 19.4 Å². The van der Waals surface area contributed by atoms with E-state index < -0.39 is 30.6 Å². The lowest BCUT2D eigenvalue weighted by Crippen LogP contribution is -2.34. The average molecular weight is 547 g/mol. The monoisotopic (exact) mass is 546 g/mol. The van der Waals surface area contributed by atoms with Gasteiger partial charge in [0.05, 0.1) is 36.2 Å². The fourth-order valence-corrected chi connectivity index (χ4v) is 4.49. The molecule has 3 heterocycles. The number of aliphatic imine (C=N–C) groups is 1. The van der Waals surface area contributed by atoms with Crippen LogP contribution in [0.15, 0.2) is 78.0 Å². The van der Waals surface area contributed by atoms with Gasteiger partial charge in [0.25, 0.3) is 5.88 Å². The van der Waals surface area contributed by atoms with Gasteiger partial charge in [0.2, 0.25) is 0 Å². The molecule has 4 atom stereocenters. The summed E-state index contributed by atoms with van der Waals surface area (Å²) in [4.78, 5) is 30.2. The zero-order chi connectivity index (χ0) is 28.2. The Morgan fingerprint density at radius 1 is 1.12 bits per heavy atom. The third-order valence-electron chi connectivity index (χ3n) is 6.37. The molecule has 2 aromatic carbocycles. The molecule has 2 aromatic heterocycles. The van der Waals surface area contributed by atoms with Crippen LogP contribution in [0.25, 0.3) is 11.0 Å². The van der Waals surface area contributed by atoms with Crippen molar-refractivity contribution >= 4 is 40.7 Å². The summed E-state index contributed by atoms with van der Waals surface area (Å²) in [6.07, 6.45) is -1.15. The highest BCUT2D eigenvalue weighted by atomic mass is 16.6. The fourth-order valence-electron chi connectivity index (χ4n) is 4.49. The largest absolute Gasteiger partial charge is 0.425 e. The molecule has 0 saturated carbocycles. The molecule has 1 amide bonds. The number of aromatic nitrogens is 3. The van der Waals surface area contributed by atoms with Crippen molar-refractivity contribution in [2.45, 2.75) is 24.5 Å². The molecule has 5 rings (SSSR count). The predicted octanol–water partition coefficient (Wildman–Crippen LogP) is 3.26. The van der Waals surface area contributed by atoms with Crippen LogP contribution in [0.1, 0.15) is 6.23 Å². The van der Waals surface area contributed by atoms with Crippen molar-refractivity contribution in [1.29, 1.82) is 0 Å². The number of anilines is 2. The van der Waals surface area contributed by atoms with Crippen molar-refractivity contribution in [3.63, 3.8) is 0 Å². The van der Waals surface area contributed by atoms with Crippen molar-refractivity contribution in [2.75, 3.05) is 32.7 Å². The zero-order valence-corrected chi connectivity index (χ0v) is 22.2. The second-order valence-corrected chi connectivity index (χ2v) is 9.33. The third kappa shape index (κ3) is 5.38. The number of nitrogens with zero attached hydrogens (tertiary/aromatic N) is 6. The Balaban J connectivity index is 1.58. The minimum absolute atomic E-state index is 0.0600. The predicted molar refractivity (Wildman–Crippen MR) is 148 cm³/mol. The van der Waals surface area contributed by atoms with E-state index in [0.717, 1.165) is 0 Å². The Labute approximate surface area is 230 Å². The first-order valence-corrected chi connectivity index (χ1v) is 12.6. The van der Waals surface area contributed by atoms with Gasteiger partial charge in [0.1, 0.15) is 18.3 Å². The molecule has 1 fully saturated rings. The van der Waals surface area contributed by atoms with Crippen molar-refractivity contribution < 1.29 is 29.2 Å². The smallest absolute Gasteiger partial charge is 0.394 e. The molecular weight excluding hydrogens is 516 g/mol. The third-order valence-corrected chi connectivity index (χ3v) is 6.37. The first-order chi connectivity index (χ1) is 19.4. The van der Waals surface area contributed by atoms with Gasteiger partial charge in [-0.1, -0.05) is 36.4 Å². The number of ether oxygens (including phenoxy) is 3. The number of aliphatic hydroxyl groups is 2. The highest BCUT2D eigenvalue weighted by Gasteiger charge is 2.45. The summed E-state index contributed by atoms with van der Waals surface area (Å²) in [5.74, 6) is 0.193. The van der Waals surface area contributed by atoms with E-state index in [1.165, 1.54) is 18.3 Å². The first-order valence-electron chi connectivity index (χ1n) is 12.6. The maximum Gasteiger partial charge on any atom is 0.425 e. The molecule has 40 heavy (non-hydrogen) atoms. The number of hydrogen-bond donors (Lipinski definition) is 2. The lowest BCUT2D eigenvalue weighted by Gasteiger charge is -2.22. The number of fused-ring (bicyclic) bond motifs is 1. The number of amides is 1. The Bertz CT molecular complexity index is 1440. The van der Waals surface area contributed by atoms with E-state index in [9.17, 15) is 15.0 Å². The minimum Gasteiger partial charge on any atom is -0.394 e. The van der Waals surface area contributed by atoms with Gasteiger partial charge < -0.3 is 33.9 Å². The SMILES string of the molecule is CO[C@H]1C(O)[C@@H](CO)O[C@H]1n1cnc2c(OC(=O)N(c3ccccc3)c3ccccc3)nc(N=CN(C)C)cc21. The van der Waals surface area contributed by atoms with Crippen LogP contribution in [-0.4, -0.2) is 88.2 Å². The average Bonchev–Trinajstić information content (AvgIpc) is 3.53. The van der Waals surface area contributed by atoms with Crippen molar-refractivity contribution in [2.24, 2.45) is 4.99 Å². The molecule has 0 spiro atoms. The molecule has 1 aliphatic heterocycles. The van der Waals surface area contributed by atoms with E-state index in [0.29, 0.717) is 16.9 Å². The molecule has 4 aromatic rings. The number of aliphatic hydroxyl groups excluding tert-OH is 2. The lowest BCUT2D eigenvalue weighted by atomic mass is 10.1. The summed E-state index contributed by atoms with van der Waals surface area (Å²) >= 11 is 0. The lowest BCUT2D eigenvalue weighted by molar-refractivity contribution is -0.0580. The quantitative estimate of drug-likeness (QED) is 0.252. The van der Waals surface area contributed by atoms with Crippen LogP contribution in [0.3, 0.4) is 0 Å². The molecule has 12 nitrogen and oxygen atoms in total. The zero-order valence-electron chi connectivity index (χ0n) is 22.2. The van der Waals surface area contributed by atoms with Crippen molar-refractivity contribution in [3.05, 3.63) is 73.1 Å². The van der Waals surface area contributed by atoms with Crippen LogP contribution < -0.4 is 9.64 Å². The minimum atomic E-state index is -1.06. The summed E-state index contributed by atoms with van der Waals surface area (Å²) in [7, 11) is 5.08. The van der Waals surface area contributed by atoms with E-state index in [2.05, 4.69) is 15.0 Å². The molecular formula is C28H30N6O6. The number of benzene rings is 2. The highest BCUT2D eigenvalue weighted by Crippen LogP contribution is 2.36. The van der Waals surface area contributed by atoms with Gasteiger partial charge in [0, 0.05) is 27.3 Å². The Kier molecular flexibility index (Phi) is 8.03. The van der Waals surface area contributed by atoms with Crippen LogP contribution in [0, 0.1) is 0 Å². The fraction of sp³-hybridized carbons (Fsp3) is 0.286. The van der Waals surface area contributed by atoms with Gasteiger partial charge in [-0.15, -0.1) is 0 Å². The van der Waals surface area contributed by atoms with Crippen molar-refractivity contribution in [3.8, 4) is 5.88 Å². The number of rotatable bonds is 8. The summed E-state index contributed by atoms with van der Waals surface area (Å²) in [5.41, 5.74) is 1.97. The maximum absolute atomic E-state index is 13.7. The van der Waals surface area contributed by atoms with Gasteiger partial charge in [-0.3, -0.25) is 0 Å². The Morgan fingerprint density at radius 2 is 1.77 bits per heavy atom. The molecule has 1 unspecified atom stereocenters.